The van der Waals surface area contributed by atoms with Gasteiger partial charge in [0.2, 0.25) is 5.89 Å². The van der Waals surface area contributed by atoms with Gasteiger partial charge in [-0.25, -0.2) is 0 Å². The van der Waals surface area contributed by atoms with E-state index in [1.807, 2.05) is 23.1 Å². The fraction of sp³-hybridized carbons (Fsp3) is 0.571. The van der Waals surface area contributed by atoms with Crippen molar-refractivity contribution in [3.8, 4) is 0 Å². The van der Waals surface area contributed by atoms with Gasteiger partial charge in [0.05, 0.1) is 5.75 Å². The average Bonchev–Trinajstić information content (AvgIpc) is 3.04. The van der Waals surface area contributed by atoms with Crippen LogP contribution in [0.4, 0.5) is 0 Å². The topological polar surface area (TPSA) is 51.0 Å². The monoisotopic (exact) mass is 309 g/mol. The minimum Gasteiger partial charge on any atom is -0.337 e. The lowest BCUT2D eigenvalue weighted by Gasteiger charge is -2.20. The van der Waals surface area contributed by atoms with Crippen LogP contribution in [0.3, 0.4) is 0 Å². The van der Waals surface area contributed by atoms with E-state index in [0.717, 1.165) is 24.5 Å². The van der Waals surface area contributed by atoms with Crippen LogP contribution in [-0.2, 0) is 12.2 Å². The number of rotatable bonds is 3. The lowest BCUT2D eigenvalue weighted by molar-refractivity contribution is 0.342. The summed E-state index contributed by atoms with van der Waals surface area (Å²) in [5.74, 6) is 2.26. The van der Waals surface area contributed by atoms with Crippen molar-refractivity contribution in [2.75, 3.05) is 6.54 Å². The summed E-state index contributed by atoms with van der Waals surface area (Å²) < 4.78 is 5.68. The number of thiophene rings is 1. The summed E-state index contributed by atoms with van der Waals surface area (Å²) in [6.07, 6.45) is 1.09. The molecular weight excluding hydrogens is 290 g/mol. The zero-order chi connectivity index (χ0) is 14.2. The smallest absolute Gasteiger partial charge is 0.248 e. The number of nitrogens with zero attached hydrogens (tertiary/aromatic N) is 2. The summed E-state index contributed by atoms with van der Waals surface area (Å²) in [7, 11) is 0. The predicted octanol–water partition coefficient (Wildman–Crippen LogP) is 3.40. The molecule has 20 heavy (non-hydrogen) atoms. The summed E-state index contributed by atoms with van der Waals surface area (Å²) in [6, 6.07) is 2.22. The van der Waals surface area contributed by atoms with Crippen molar-refractivity contribution in [1.29, 1.82) is 0 Å². The molecule has 1 aliphatic rings. The van der Waals surface area contributed by atoms with Crippen molar-refractivity contribution in [1.82, 2.24) is 15.5 Å². The lowest BCUT2D eigenvalue weighted by Crippen LogP contribution is -2.29. The van der Waals surface area contributed by atoms with Gasteiger partial charge < -0.3 is 9.84 Å². The molecule has 0 spiro atoms. The van der Waals surface area contributed by atoms with Gasteiger partial charge in [0.25, 0.3) is 0 Å². The van der Waals surface area contributed by atoms with Gasteiger partial charge in [0.1, 0.15) is 6.04 Å². The molecule has 1 atom stereocenters. The third kappa shape index (κ3) is 3.07. The molecule has 0 amide bonds. The molecule has 108 valence electrons. The molecule has 1 aliphatic heterocycles. The fourth-order valence-electron chi connectivity index (χ4n) is 2.20. The molecule has 0 saturated heterocycles. The Kier molecular flexibility index (Phi) is 3.88. The highest BCUT2D eigenvalue weighted by Gasteiger charge is 2.27. The van der Waals surface area contributed by atoms with Crippen molar-refractivity contribution in [3.63, 3.8) is 0 Å². The summed E-state index contributed by atoms with van der Waals surface area (Å²) in [4.78, 5) is 5.99. The van der Waals surface area contributed by atoms with E-state index in [4.69, 9.17) is 4.52 Å². The van der Waals surface area contributed by atoms with Gasteiger partial charge >= 0.3 is 0 Å². The van der Waals surface area contributed by atoms with Gasteiger partial charge in [0.15, 0.2) is 5.82 Å². The molecule has 3 heterocycles. The van der Waals surface area contributed by atoms with Crippen LogP contribution in [0, 0.1) is 0 Å². The molecule has 4 nitrogen and oxygen atoms in total. The molecule has 1 unspecified atom stereocenters. The van der Waals surface area contributed by atoms with Crippen LogP contribution in [0.5, 0.6) is 0 Å². The first-order valence-electron chi connectivity index (χ1n) is 6.79. The highest BCUT2D eigenvalue weighted by atomic mass is 32.2. The Balaban J connectivity index is 1.75. The molecule has 3 rings (SSSR count). The zero-order valence-electron chi connectivity index (χ0n) is 12.0. The lowest BCUT2D eigenvalue weighted by atomic mass is 10.0. The highest BCUT2D eigenvalue weighted by Crippen LogP contribution is 2.32. The Morgan fingerprint density at radius 1 is 1.50 bits per heavy atom. The van der Waals surface area contributed by atoms with Crippen molar-refractivity contribution < 1.29 is 4.52 Å². The second kappa shape index (κ2) is 5.50. The normalized spacial score (nSPS) is 19.1. The van der Waals surface area contributed by atoms with Crippen LogP contribution in [0.2, 0.25) is 0 Å². The number of thioether (sulfide) groups is 1. The molecule has 0 saturated carbocycles. The van der Waals surface area contributed by atoms with E-state index in [1.54, 1.807) is 0 Å². The third-order valence-electron chi connectivity index (χ3n) is 3.16. The van der Waals surface area contributed by atoms with Gasteiger partial charge in [0, 0.05) is 16.2 Å². The number of aromatic nitrogens is 2. The van der Waals surface area contributed by atoms with Crippen molar-refractivity contribution in [2.45, 2.75) is 43.7 Å². The van der Waals surface area contributed by atoms with E-state index in [9.17, 15) is 0 Å². The average molecular weight is 309 g/mol. The highest BCUT2D eigenvalue weighted by molar-refractivity contribution is 7.99. The quantitative estimate of drug-likeness (QED) is 0.941. The van der Waals surface area contributed by atoms with E-state index >= 15 is 0 Å². The number of hydrogen-bond acceptors (Lipinski definition) is 6. The molecule has 2 aromatic heterocycles. The van der Waals surface area contributed by atoms with Crippen LogP contribution in [0.15, 0.2) is 16.0 Å². The van der Waals surface area contributed by atoms with Gasteiger partial charge in [-0.2, -0.15) is 4.98 Å². The first-order chi connectivity index (χ1) is 9.53. The number of nitrogens with one attached hydrogen (secondary N) is 1. The maximum atomic E-state index is 5.46. The maximum absolute atomic E-state index is 5.46. The van der Waals surface area contributed by atoms with Gasteiger partial charge in [-0.05, 0) is 23.4 Å². The molecule has 2 aromatic rings. The van der Waals surface area contributed by atoms with Crippen LogP contribution >= 0.6 is 23.1 Å². The maximum Gasteiger partial charge on any atom is 0.248 e. The van der Waals surface area contributed by atoms with Crippen molar-refractivity contribution in [2.24, 2.45) is 0 Å². The van der Waals surface area contributed by atoms with Crippen LogP contribution < -0.4 is 5.32 Å². The van der Waals surface area contributed by atoms with Gasteiger partial charge in [-0.1, -0.05) is 25.9 Å². The Morgan fingerprint density at radius 2 is 2.35 bits per heavy atom. The standard InChI is InChI=1S/C14H19N3OS2/c1-14(2,3)20-8-11-16-13(18-17-11)12-9-5-7-19-10(9)4-6-15-12/h5,7,12,15H,4,6,8H2,1-3H3. The van der Waals surface area contributed by atoms with Crippen molar-refractivity contribution in [3.05, 3.63) is 33.6 Å². The molecule has 0 aliphatic carbocycles. The number of fused-ring (bicyclic) bond motifs is 1. The fourth-order valence-corrected chi connectivity index (χ4v) is 3.80. The molecule has 6 heteroatoms. The SMILES string of the molecule is CC(C)(C)SCc1noc(C2NCCc3sccc32)n1. The van der Waals surface area contributed by atoms with Crippen molar-refractivity contribution >= 4 is 23.1 Å². The molecular formula is C14H19N3OS2. The second-order valence-corrected chi connectivity index (χ2v) is 8.69. The van der Waals surface area contributed by atoms with E-state index < -0.39 is 0 Å². The first-order valence-corrected chi connectivity index (χ1v) is 8.65. The van der Waals surface area contributed by atoms with Crippen LogP contribution in [-0.4, -0.2) is 21.4 Å². The van der Waals surface area contributed by atoms with Gasteiger partial charge in [-0.15, -0.1) is 23.1 Å². The summed E-state index contributed by atoms with van der Waals surface area (Å²) in [6.45, 7) is 7.55. The van der Waals surface area contributed by atoms with Crippen LogP contribution in [0.1, 0.15) is 49.0 Å². The Hall–Kier alpha value is -0.850. The third-order valence-corrected chi connectivity index (χ3v) is 5.42. The molecule has 0 fully saturated rings. The summed E-state index contributed by atoms with van der Waals surface area (Å²) >= 11 is 3.64. The largest absolute Gasteiger partial charge is 0.337 e. The second-order valence-electron chi connectivity index (χ2n) is 5.89. The Bertz CT molecular complexity index is 585. The number of hydrogen-bond donors (Lipinski definition) is 1. The molecule has 0 radical (unpaired) electrons. The van der Waals surface area contributed by atoms with E-state index in [1.165, 1.54) is 10.4 Å². The molecule has 0 bridgehead atoms. The summed E-state index contributed by atoms with van der Waals surface area (Å²) in [5.41, 5.74) is 1.29. The zero-order valence-corrected chi connectivity index (χ0v) is 13.6. The van der Waals surface area contributed by atoms with Crippen LogP contribution in [0.25, 0.3) is 0 Å². The molecule has 1 N–H and O–H groups in total. The first kappa shape index (κ1) is 14.1. The van der Waals surface area contributed by atoms with E-state index in [2.05, 4.69) is 47.7 Å². The summed E-state index contributed by atoms with van der Waals surface area (Å²) in [5, 5.41) is 9.71. The predicted molar refractivity (Wildman–Crippen MR) is 83.2 cm³/mol. The Morgan fingerprint density at radius 3 is 3.15 bits per heavy atom. The van der Waals surface area contributed by atoms with E-state index in [-0.39, 0.29) is 10.8 Å². The minimum absolute atomic E-state index is 0.0610. The Labute approximate surface area is 127 Å². The molecule has 0 aromatic carbocycles. The van der Waals surface area contributed by atoms with E-state index in [0.29, 0.717) is 5.89 Å². The minimum atomic E-state index is 0.0610. The van der Waals surface area contributed by atoms with Gasteiger partial charge in [-0.3, -0.25) is 0 Å².